The van der Waals surface area contributed by atoms with Gasteiger partial charge in [0.25, 0.3) is 5.91 Å². The molecule has 2 N–H and O–H groups in total. The largest absolute Gasteiger partial charge is 0.407 e. The predicted octanol–water partition coefficient (Wildman–Crippen LogP) is 2.83. The van der Waals surface area contributed by atoms with Crippen molar-refractivity contribution in [2.75, 3.05) is 11.9 Å². The fourth-order valence-electron chi connectivity index (χ4n) is 2.41. The molecule has 2 rings (SSSR count). The van der Waals surface area contributed by atoms with Crippen LogP contribution >= 0.6 is 0 Å². The summed E-state index contributed by atoms with van der Waals surface area (Å²) in [5.41, 5.74) is 0.476. The number of benzene rings is 1. The number of nitrogens with zero attached hydrogens (tertiary/aromatic N) is 3. The summed E-state index contributed by atoms with van der Waals surface area (Å²) >= 11 is 0. The zero-order chi connectivity index (χ0) is 18.1. The van der Waals surface area contributed by atoms with Crippen LogP contribution in [-0.2, 0) is 4.79 Å². The number of amides is 2. The molecular weight excluding hydrogens is 324 g/mol. The molecule has 0 bridgehead atoms. The minimum Gasteiger partial charge on any atom is -0.407 e. The number of hydrogen-bond donors (Lipinski definition) is 2. The normalized spacial score (nSPS) is 11.8. The van der Waals surface area contributed by atoms with Gasteiger partial charge in [0.15, 0.2) is 0 Å². The lowest BCUT2D eigenvalue weighted by Gasteiger charge is -2.16. The van der Waals surface area contributed by atoms with E-state index in [9.17, 15) is 14.8 Å². The van der Waals surface area contributed by atoms with E-state index in [1.807, 2.05) is 6.07 Å². The summed E-state index contributed by atoms with van der Waals surface area (Å²) < 4.78 is 5.51. The van der Waals surface area contributed by atoms with E-state index in [2.05, 4.69) is 22.4 Å². The Balaban J connectivity index is 2.04. The molecule has 1 unspecified atom stereocenters. The Kier molecular flexibility index (Phi) is 7.09. The minimum atomic E-state index is -0.352. The molecule has 8 nitrogen and oxygen atoms in total. The number of carbonyl (C=O) groups excluding carboxylic acids is 2. The lowest BCUT2D eigenvalue weighted by molar-refractivity contribution is -0.151. The topological polar surface area (TPSA) is 109 Å². The van der Waals surface area contributed by atoms with Crippen molar-refractivity contribution in [3.05, 3.63) is 41.8 Å². The average molecular weight is 346 g/mol. The van der Waals surface area contributed by atoms with Gasteiger partial charge >= 0.3 is 6.01 Å². The zero-order valence-corrected chi connectivity index (χ0v) is 14.1. The number of unbranched alkanes of at least 4 members (excludes halogenated alkanes) is 2. The van der Waals surface area contributed by atoms with Gasteiger partial charge in [0.1, 0.15) is 0 Å². The molecule has 0 aliphatic carbocycles. The quantitative estimate of drug-likeness (QED) is 0.296. The van der Waals surface area contributed by atoms with Crippen molar-refractivity contribution in [3.8, 4) is 0 Å². The number of hydroxylamine groups is 2. The highest BCUT2D eigenvalue weighted by atomic mass is 16.5. The first-order valence-corrected chi connectivity index (χ1v) is 8.24. The van der Waals surface area contributed by atoms with Crippen LogP contribution in [-0.4, -0.2) is 39.3 Å². The predicted molar refractivity (Wildman–Crippen MR) is 90.1 cm³/mol. The highest BCUT2D eigenvalue weighted by Gasteiger charge is 2.21. The van der Waals surface area contributed by atoms with Gasteiger partial charge < -0.3 is 4.42 Å². The van der Waals surface area contributed by atoms with E-state index in [0.717, 1.165) is 19.3 Å². The van der Waals surface area contributed by atoms with Crippen LogP contribution in [0.15, 0.2) is 34.7 Å². The van der Waals surface area contributed by atoms with Gasteiger partial charge in [-0.05, 0) is 18.6 Å². The smallest absolute Gasteiger partial charge is 0.322 e. The maximum Gasteiger partial charge on any atom is 0.322 e. The van der Waals surface area contributed by atoms with E-state index >= 15 is 0 Å². The van der Waals surface area contributed by atoms with Crippen molar-refractivity contribution in [2.24, 2.45) is 0 Å². The Labute approximate surface area is 145 Å². The second-order valence-electron chi connectivity index (χ2n) is 5.69. The molecule has 0 spiro atoms. The van der Waals surface area contributed by atoms with E-state index in [4.69, 9.17) is 4.42 Å². The van der Waals surface area contributed by atoms with Gasteiger partial charge in [-0.2, -0.15) is 0 Å². The van der Waals surface area contributed by atoms with E-state index < -0.39 is 0 Å². The molecule has 1 aromatic heterocycles. The number of anilines is 1. The summed E-state index contributed by atoms with van der Waals surface area (Å²) in [6.07, 6.45) is 4.00. The highest BCUT2D eigenvalue weighted by Crippen LogP contribution is 2.23. The van der Waals surface area contributed by atoms with Crippen LogP contribution in [0.25, 0.3) is 0 Å². The average Bonchev–Trinajstić information content (AvgIpc) is 3.10. The Morgan fingerprint density at radius 1 is 1.32 bits per heavy atom. The van der Waals surface area contributed by atoms with Crippen LogP contribution in [0, 0.1) is 0 Å². The standard InChI is InChI=1S/C17H22N4O4/c1-2-3-5-10-14(11-21(24)12-22)16-19-20-17(25-16)18-15(23)13-8-6-4-7-9-13/h4,6-9,12,14,24H,2-3,5,10-11H2,1H3,(H,18,20,23). The van der Waals surface area contributed by atoms with E-state index in [1.165, 1.54) is 0 Å². The first-order valence-electron chi connectivity index (χ1n) is 8.24. The summed E-state index contributed by atoms with van der Waals surface area (Å²) in [5, 5.41) is 20.3. The number of rotatable bonds is 10. The Hall–Kier alpha value is -2.74. The van der Waals surface area contributed by atoms with Crippen molar-refractivity contribution in [1.29, 1.82) is 0 Å². The van der Waals surface area contributed by atoms with E-state index in [1.54, 1.807) is 24.3 Å². The molecule has 1 aromatic carbocycles. The minimum absolute atomic E-state index is 0.0139. The van der Waals surface area contributed by atoms with Crippen LogP contribution in [0.1, 0.15) is 54.8 Å². The fourth-order valence-corrected chi connectivity index (χ4v) is 2.41. The van der Waals surface area contributed by atoms with Gasteiger partial charge in [-0.25, -0.2) is 5.06 Å². The molecule has 0 saturated carbocycles. The van der Waals surface area contributed by atoms with Gasteiger partial charge in [0.2, 0.25) is 12.3 Å². The zero-order valence-electron chi connectivity index (χ0n) is 14.1. The molecule has 0 aliphatic heterocycles. The Morgan fingerprint density at radius 2 is 2.08 bits per heavy atom. The number of hydrogen-bond acceptors (Lipinski definition) is 6. The lowest BCUT2D eigenvalue weighted by atomic mass is 10.0. The van der Waals surface area contributed by atoms with Crippen molar-refractivity contribution in [1.82, 2.24) is 15.3 Å². The van der Waals surface area contributed by atoms with Crippen LogP contribution in [0.3, 0.4) is 0 Å². The van der Waals surface area contributed by atoms with Crippen molar-refractivity contribution >= 4 is 18.3 Å². The van der Waals surface area contributed by atoms with Gasteiger partial charge in [-0.3, -0.25) is 20.1 Å². The van der Waals surface area contributed by atoms with Crippen molar-refractivity contribution < 1.29 is 19.2 Å². The van der Waals surface area contributed by atoms with Gasteiger partial charge in [0.05, 0.1) is 12.5 Å². The molecule has 0 fully saturated rings. The van der Waals surface area contributed by atoms with Crippen molar-refractivity contribution in [2.45, 2.75) is 38.5 Å². The molecule has 2 amide bonds. The third kappa shape index (κ3) is 5.68. The summed E-state index contributed by atoms with van der Waals surface area (Å²) in [4.78, 5) is 22.8. The maximum atomic E-state index is 12.1. The summed E-state index contributed by atoms with van der Waals surface area (Å²) in [6, 6.07) is 8.66. The molecule has 1 heterocycles. The molecule has 1 atom stereocenters. The molecule has 0 radical (unpaired) electrons. The van der Waals surface area contributed by atoms with Crippen molar-refractivity contribution in [3.63, 3.8) is 0 Å². The second-order valence-corrected chi connectivity index (χ2v) is 5.69. The molecule has 2 aromatic rings. The Morgan fingerprint density at radius 3 is 2.76 bits per heavy atom. The summed E-state index contributed by atoms with van der Waals surface area (Å²) in [6.45, 7) is 2.14. The van der Waals surface area contributed by atoms with Crippen LogP contribution < -0.4 is 5.32 Å². The first kappa shape index (κ1) is 18.6. The number of carbonyl (C=O) groups is 2. The molecular formula is C17H22N4O4. The van der Waals surface area contributed by atoms with Crippen LogP contribution in [0.5, 0.6) is 0 Å². The summed E-state index contributed by atoms with van der Waals surface area (Å²) in [7, 11) is 0. The third-order valence-electron chi connectivity index (χ3n) is 3.73. The molecule has 25 heavy (non-hydrogen) atoms. The van der Waals surface area contributed by atoms with E-state index in [-0.39, 0.29) is 30.3 Å². The molecule has 134 valence electrons. The maximum absolute atomic E-state index is 12.1. The fraction of sp³-hybridized carbons (Fsp3) is 0.412. The number of nitrogens with one attached hydrogen (secondary N) is 1. The summed E-state index contributed by atoms with van der Waals surface area (Å²) in [5.74, 6) is -0.369. The van der Waals surface area contributed by atoms with Gasteiger partial charge in [-0.15, -0.1) is 5.10 Å². The number of aromatic nitrogens is 2. The second kappa shape index (κ2) is 9.53. The monoisotopic (exact) mass is 346 g/mol. The van der Waals surface area contributed by atoms with E-state index in [0.29, 0.717) is 23.5 Å². The highest BCUT2D eigenvalue weighted by molar-refractivity contribution is 6.02. The SMILES string of the molecule is CCCCCC(CN(O)C=O)c1nnc(NC(=O)c2ccccc2)o1. The Bertz CT molecular complexity index is 674. The molecule has 0 aliphatic rings. The van der Waals surface area contributed by atoms with Crippen LogP contribution in [0.4, 0.5) is 6.01 Å². The lowest BCUT2D eigenvalue weighted by Crippen LogP contribution is -2.24. The third-order valence-corrected chi connectivity index (χ3v) is 3.73. The van der Waals surface area contributed by atoms with Gasteiger partial charge in [0, 0.05) is 5.56 Å². The first-order chi connectivity index (χ1) is 12.1. The molecule has 0 saturated heterocycles. The van der Waals surface area contributed by atoms with Gasteiger partial charge in [-0.1, -0.05) is 49.5 Å². The molecule has 8 heteroatoms. The van der Waals surface area contributed by atoms with Crippen LogP contribution in [0.2, 0.25) is 0 Å².